The summed E-state index contributed by atoms with van der Waals surface area (Å²) in [6.45, 7) is 5.75. The quantitative estimate of drug-likeness (QED) is 0.661. The van der Waals surface area contributed by atoms with E-state index >= 15 is 0 Å². The van der Waals surface area contributed by atoms with Crippen molar-refractivity contribution in [1.29, 1.82) is 0 Å². The summed E-state index contributed by atoms with van der Waals surface area (Å²) in [6, 6.07) is 5.82. The van der Waals surface area contributed by atoms with E-state index in [2.05, 4.69) is 15.5 Å². The Bertz CT molecular complexity index is 638. The number of rotatable bonds is 4. The standard InChI is InChI=1S/C13H17N5OS/c1-8-5-4-6-11(9(8)2)15-12(19)7-20-13-17-16-10(3)18(13)14/h4-6H,7,14H2,1-3H3,(H,15,19). The highest BCUT2D eigenvalue weighted by molar-refractivity contribution is 7.99. The number of benzene rings is 1. The maximum absolute atomic E-state index is 11.9. The number of amides is 1. The van der Waals surface area contributed by atoms with Gasteiger partial charge in [-0.15, -0.1) is 10.2 Å². The third kappa shape index (κ3) is 3.11. The third-order valence-corrected chi connectivity index (χ3v) is 3.99. The highest BCUT2D eigenvalue weighted by Crippen LogP contribution is 2.19. The van der Waals surface area contributed by atoms with E-state index < -0.39 is 0 Å². The fourth-order valence-corrected chi connectivity index (χ4v) is 2.35. The molecule has 0 unspecified atom stereocenters. The SMILES string of the molecule is Cc1cccc(NC(=O)CSc2nnc(C)n2N)c1C. The van der Waals surface area contributed by atoms with Crippen molar-refractivity contribution in [3.63, 3.8) is 0 Å². The molecule has 0 aliphatic rings. The molecule has 20 heavy (non-hydrogen) atoms. The number of aromatic nitrogens is 3. The molecule has 0 aliphatic carbocycles. The van der Waals surface area contributed by atoms with Crippen LogP contribution in [0.3, 0.4) is 0 Å². The number of nitrogen functional groups attached to an aromatic ring is 1. The molecule has 2 rings (SSSR count). The number of carbonyl (C=O) groups excluding carboxylic acids is 1. The second-order valence-corrected chi connectivity index (χ2v) is 5.43. The summed E-state index contributed by atoms with van der Waals surface area (Å²) in [4.78, 5) is 11.9. The summed E-state index contributed by atoms with van der Waals surface area (Å²) in [5.41, 5.74) is 3.05. The van der Waals surface area contributed by atoms with Crippen molar-refractivity contribution in [2.24, 2.45) is 0 Å². The van der Waals surface area contributed by atoms with Gasteiger partial charge in [0.25, 0.3) is 0 Å². The zero-order valence-corrected chi connectivity index (χ0v) is 12.5. The van der Waals surface area contributed by atoms with Crippen molar-refractivity contribution in [2.75, 3.05) is 16.9 Å². The van der Waals surface area contributed by atoms with Gasteiger partial charge in [-0.25, -0.2) is 4.68 Å². The predicted octanol–water partition coefficient (Wildman–Crippen LogP) is 1.65. The van der Waals surface area contributed by atoms with E-state index in [1.54, 1.807) is 6.92 Å². The van der Waals surface area contributed by atoms with Crippen LogP contribution in [0.4, 0.5) is 5.69 Å². The topological polar surface area (TPSA) is 85.8 Å². The number of thioether (sulfide) groups is 1. The van der Waals surface area contributed by atoms with Gasteiger partial charge in [-0.05, 0) is 38.0 Å². The zero-order valence-electron chi connectivity index (χ0n) is 11.7. The molecule has 1 heterocycles. The Kier molecular flexibility index (Phi) is 4.29. The van der Waals surface area contributed by atoms with Crippen LogP contribution in [0, 0.1) is 20.8 Å². The molecule has 1 aromatic carbocycles. The minimum absolute atomic E-state index is 0.0932. The number of aryl methyl sites for hydroxylation is 2. The van der Waals surface area contributed by atoms with Gasteiger partial charge < -0.3 is 11.2 Å². The normalized spacial score (nSPS) is 10.6. The van der Waals surface area contributed by atoms with E-state index in [1.807, 2.05) is 32.0 Å². The molecule has 106 valence electrons. The maximum atomic E-state index is 11.9. The van der Waals surface area contributed by atoms with Crippen molar-refractivity contribution < 1.29 is 4.79 Å². The van der Waals surface area contributed by atoms with Crippen molar-refractivity contribution in [3.05, 3.63) is 35.2 Å². The number of hydrogen-bond donors (Lipinski definition) is 2. The Hall–Kier alpha value is -2.02. The molecule has 2 aromatic rings. The van der Waals surface area contributed by atoms with Gasteiger partial charge in [0.15, 0.2) is 0 Å². The molecule has 0 radical (unpaired) electrons. The molecule has 7 heteroatoms. The summed E-state index contributed by atoms with van der Waals surface area (Å²) in [5, 5.41) is 11.2. The van der Waals surface area contributed by atoms with Gasteiger partial charge in [0.2, 0.25) is 11.1 Å². The average molecular weight is 291 g/mol. The average Bonchev–Trinajstić information content (AvgIpc) is 2.73. The Morgan fingerprint density at radius 3 is 2.75 bits per heavy atom. The summed E-state index contributed by atoms with van der Waals surface area (Å²) < 4.78 is 1.37. The molecule has 1 aromatic heterocycles. The molecular weight excluding hydrogens is 274 g/mol. The van der Waals surface area contributed by atoms with E-state index in [0.717, 1.165) is 16.8 Å². The van der Waals surface area contributed by atoms with E-state index in [0.29, 0.717) is 11.0 Å². The summed E-state index contributed by atoms with van der Waals surface area (Å²) in [6.07, 6.45) is 0. The number of hydrogen-bond acceptors (Lipinski definition) is 5. The summed E-state index contributed by atoms with van der Waals surface area (Å²) in [5.74, 6) is 6.48. The first-order valence-corrected chi connectivity index (χ1v) is 7.13. The smallest absolute Gasteiger partial charge is 0.234 e. The minimum atomic E-state index is -0.0932. The summed E-state index contributed by atoms with van der Waals surface area (Å²) in [7, 11) is 0. The van der Waals surface area contributed by atoms with Crippen LogP contribution in [0.2, 0.25) is 0 Å². The number of nitrogens with zero attached hydrogens (tertiary/aromatic N) is 3. The lowest BCUT2D eigenvalue weighted by molar-refractivity contribution is -0.113. The van der Waals surface area contributed by atoms with Crippen LogP contribution in [-0.2, 0) is 4.79 Å². The largest absolute Gasteiger partial charge is 0.336 e. The first-order chi connectivity index (χ1) is 9.49. The van der Waals surface area contributed by atoms with Crippen LogP contribution in [0.25, 0.3) is 0 Å². The fourth-order valence-electron chi connectivity index (χ4n) is 1.65. The molecule has 0 aliphatic heterocycles. The van der Waals surface area contributed by atoms with Crippen LogP contribution >= 0.6 is 11.8 Å². The Morgan fingerprint density at radius 2 is 2.10 bits per heavy atom. The second kappa shape index (κ2) is 5.96. The van der Waals surface area contributed by atoms with Crippen LogP contribution < -0.4 is 11.2 Å². The first-order valence-electron chi connectivity index (χ1n) is 6.15. The van der Waals surface area contributed by atoms with Gasteiger partial charge >= 0.3 is 0 Å². The monoisotopic (exact) mass is 291 g/mol. The highest BCUT2D eigenvalue weighted by atomic mass is 32.2. The molecule has 0 saturated heterocycles. The van der Waals surface area contributed by atoms with E-state index in [9.17, 15) is 4.79 Å². The van der Waals surface area contributed by atoms with E-state index in [1.165, 1.54) is 16.4 Å². The van der Waals surface area contributed by atoms with Crippen LogP contribution in [-0.4, -0.2) is 26.5 Å². The number of anilines is 1. The lowest BCUT2D eigenvalue weighted by atomic mass is 10.1. The number of nitrogens with two attached hydrogens (primary N) is 1. The molecule has 3 N–H and O–H groups in total. The minimum Gasteiger partial charge on any atom is -0.336 e. The van der Waals surface area contributed by atoms with Crippen molar-refractivity contribution in [3.8, 4) is 0 Å². The van der Waals surface area contributed by atoms with Crippen LogP contribution in [0.1, 0.15) is 17.0 Å². The molecular formula is C13H17N5OS. The number of carbonyl (C=O) groups is 1. The Morgan fingerprint density at radius 1 is 1.35 bits per heavy atom. The van der Waals surface area contributed by atoms with Crippen molar-refractivity contribution >= 4 is 23.4 Å². The van der Waals surface area contributed by atoms with Crippen molar-refractivity contribution in [2.45, 2.75) is 25.9 Å². The van der Waals surface area contributed by atoms with Gasteiger partial charge in [-0.1, -0.05) is 23.9 Å². The van der Waals surface area contributed by atoms with Gasteiger partial charge in [-0.3, -0.25) is 4.79 Å². The Balaban J connectivity index is 1.96. The first kappa shape index (κ1) is 14.4. The fraction of sp³-hybridized carbons (Fsp3) is 0.308. The van der Waals surface area contributed by atoms with Gasteiger partial charge in [0.05, 0.1) is 5.75 Å². The van der Waals surface area contributed by atoms with Gasteiger partial charge in [0.1, 0.15) is 5.82 Å². The molecule has 0 atom stereocenters. The lowest BCUT2D eigenvalue weighted by Gasteiger charge is -2.10. The summed E-state index contributed by atoms with van der Waals surface area (Å²) >= 11 is 1.26. The predicted molar refractivity (Wildman–Crippen MR) is 80.2 cm³/mol. The molecule has 1 amide bonds. The molecule has 6 nitrogen and oxygen atoms in total. The molecule has 0 spiro atoms. The van der Waals surface area contributed by atoms with Crippen LogP contribution in [0.15, 0.2) is 23.4 Å². The number of nitrogens with one attached hydrogen (secondary N) is 1. The van der Waals surface area contributed by atoms with E-state index in [-0.39, 0.29) is 11.7 Å². The second-order valence-electron chi connectivity index (χ2n) is 4.48. The highest BCUT2D eigenvalue weighted by Gasteiger charge is 2.11. The molecule has 0 bridgehead atoms. The van der Waals surface area contributed by atoms with Gasteiger partial charge in [0, 0.05) is 5.69 Å². The Labute approximate surface area is 121 Å². The molecule has 0 fully saturated rings. The molecule has 0 saturated carbocycles. The zero-order chi connectivity index (χ0) is 14.7. The van der Waals surface area contributed by atoms with Gasteiger partial charge in [-0.2, -0.15) is 0 Å². The van der Waals surface area contributed by atoms with Crippen LogP contribution in [0.5, 0.6) is 0 Å². The maximum Gasteiger partial charge on any atom is 0.234 e. The lowest BCUT2D eigenvalue weighted by Crippen LogP contribution is -2.17. The third-order valence-electron chi connectivity index (χ3n) is 3.05. The van der Waals surface area contributed by atoms with Crippen molar-refractivity contribution in [1.82, 2.24) is 14.9 Å². The van der Waals surface area contributed by atoms with E-state index in [4.69, 9.17) is 5.84 Å².